The summed E-state index contributed by atoms with van der Waals surface area (Å²) >= 11 is 0. The number of benzene rings is 2. The van der Waals surface area contributed by atoms with Crippen LogP contribution in [0.2, 0.25) is 0 Å². The van der Waals surface area contributed by atoms with Crippen LogP contribution in [0.5, 0.6) is 5.75 Å². The highest BCUT2D eigenvalue weighted by atomic mass is 16.5. The number of anilines is 1. The lowest BCUT2D eigenvalue weighted by atomic mass is 9.99. The minimum Gasteiger partial charge on any atom is -0.495 e. The van der Waals surface area contributed by atoms with Gasteiger partial charge in [-0.15, -0.1) is 0 Å². The maximum absolute atomic E-state index is 8.77. The minimum atomic E-state index is 0.00634. The molecule has 0 aliphatic heterocycles. The third kappa shape index (κ3) is 3.26. The highest BCUT2D eigenvalue weighted by Gasteiger charge is 2.09. The molecule has 0 atom stereocenters. The zero-order valence-electron chi connectivity index (χ0n) is 12.4. The molecule has 0 aliphatic rings. The summed E-state index contributed by atoms with van der Waals surface area (Å²) in [5.41, 5.74) is 3.97. The van der Waals surface area contributed by atoms with Crippen molar-refractivity contribution in [1.29, 1.82) is 10.5 Å². The minimum absolute atomic E-state index is 0.00634. The van der Waals surface area contributed by atoms with Crippen LogP contribution < -0.4 is 10.1 Å². The van der Waals surface area contributed by atoms with E-state index in [1.807, 2.05) is 61.5 Å². The molecule has 0 unspecified atom stereocenters. The maximum Gasteiger partial charge on any atom is 0.145 e. The third-order valence-corrected chi connectivity index (χ3v) is 3.24. The Morgan fingerprint density at radius 3 is 2.41 bits per heavy atom. The van der Waals surface area contributed by atoms with Crippen LogP contribution in [-0.4, -0.2) is 7.11 Å². The highest BCUT2D eigenvalue weighted by molar-refractivity contribution is 5.75. The molecule has 0 spiro atoms. The van der Waals surface area contributed by atoms with Crippen LogP contribution in [-0.2, 0) is 0 Å². The molecule has 1 N–H and O–H groups in total. The fraction of sp³-hybridized carbons (Fsp3) is 0.111. The molecule has 2 rings (SSSR count). The quantitative estimate of drug-likeness (QED) is 0.863. The predicted molar refractivity (Wildman–Crippen MR) is 86.1 cm³/mol. The van der Waals surface area contributed by atoms with Crippen molar-refractivity contribution in [2.45, 2.75) is 6.92 Å². The summed E-state index contributed by atoms with van der Waals surface area (Å²) < 4.78 is 5.40. The molecule has 0 aliphatic carbocycles. The van der Waals surface area contributed by atoms with Crippen LogP contribution in [0.1, 0.15) is 5.56 Å². The Morgan fingerprint density at radius 1 is 1.14 bits per heavy atom. The van der Waals surface area contributed by atoms with E-state index in [9.17, 15) is 0 Å². The van der Waals surface area contributed by atoms with E-state index < -0.39 is 0 Å². The molecule has 0 bridgehead atoms. The van der Waals surface area contributed by atoms with Crippen LogP contribution in [0, 0.1) is 29.6 Å². The number of rotatable bonds is 4. The topological polar surface area (TPSA) is 68.8 Å². The lowest BCUT2D eigenvalue weighted by Crippen LogP contribution is -1.97. The van der Waals surface area contributed by atoms with Gasteiger partial charge in [0.25, 0.3) is 0 Å². The lowest BCUT2D eigenvalue weighted by Gasteiger charge is -2.14. The van der Waals surface area contributed by atoms with Gasteiger partial charge in [0.15, 0.2) is 0 Å². The average Bonchev–Trinajstić information content (AvgIpc) is 2.56. The summed E-state index contributed by atoms with van der Waals surface area (Å²) in [5, 5.41) is 20.5. The van der Waals surface area contributed by atoms with Gasteiger partial charge in [-0.05, 0) is 35.7 Å². The van der Waals surface area contributed by atoms with Gasteiger partial charge in [0.2, 0.25) is 0 Å². The number of nitrogens with zero attached hydrogens (tertiary/aromatic N) is 2. The van der Waals surface area contributed by atoms with Crippen molar-refractivity contribution in [3.63, 3.8) is 0 Å². The van der Waals surface area contributed by atoms with Gasteiger partial charge >= 0.3 is 0 Å². The van der Waals surface area contributed by atoms with Crippen molar-refractivity contribution >= 4 is 5.69 Å². The van der Waals surface area contributed by atoms with E-state index in [1.54, 1.807) is 7.11 Å². The molecule has 4 nitrogen and oxygen atoms in total. The van der Waals surface area contributed by atoms with Gasteiger partial charge in [0.05, 0.1) is 12.8 Å². The predicted octanol–water partition coefficient (Wildman–Crippen LogP) is 4.01. The Bertz CT molecular complexity index is 764. The van der Waals surface area contributed by atoms with Crippen LogP contribution >= 0.6 is 0 Å². The molecule has 0 heterocycles. The molecular weight excluding hydrogens is 274 g/mol. The monoisotopic (exact) mass is 289 g/mol. The summed E-state index contributed by atoms with van der Waals surface area (Å²) in [7, 11) is 1.59. The van der Waals surface area contributed by atoms with Gasteiger partial charge in [-0.1, -0.05) is 30.3 Å². The second-order valence-electron chi connectivity index (χ2n) is 4.66. The van der Waals surface area contributed by atoms with Crippen LogP contribution in [0.3, 0.4) is 0 Å². The van der Waals surface area contributed by atoms with Crippen LogP contribution in [0.25, 0.3) is 11.1 Å². The number of allylic oxidation sites excluding steroid dienone is 1. The molecule has 0 radical (unpaired) electrons. The molecule has 22 heavy (non-hydrogen) atoms. The molecule has 4 heteroatoms. The molecule has 0 aromatic heterocycles. The number of nitrogens with one attached hydrogen (secondary N) is 1. The van der Waals surface area contributed by atoms with E-state index in [4.69, 9.17) is 15.3 Å². The number of nitriles is 2. The maximum atomic E-state index is 8.77. The van der Waals surface area contributed by atoms with Crippen molar-refractivity contribution in [2.75, 3.05) is 12.4 Å². The second kappa shape index (κ2) is 6.97. The van der Waals surface area contributed by atoms with E-state index in [2.05, 4.69) is 5.32 Å². The standard InChI is InChI=1S/C18H15N3O/c1-13-8-17(21-12-14(10-19)11-20)18(22-2)9-16(13)15-6-4-3-5-7-15/h3-9,12,21H,1-2H3. The zero-order chi connectivity index (χ0) is 15.9. The molecule has 108 valence electrons. The summed E-state index contributed by atoms with van der Waals surface area (Å²) in [6, 6.07) is 17.5. The highest BCUT2D eigenvalue weighted by Crippen LogP contribution is 2.34. The molecular formula is C18H15N3O. The SMILES string of the molecule is COc1cc(-c2ccccc2)c(C)cc1NC=C(C#N)C#N. The van der Waals surface area contributed by atoms with E-state index in [0.717, 1.165) is 16.7 Å². The first-order chi connectivity index (χ1) is 10.7. The molecule has 0 saturated heterocycles. The Kier molecular flexibility index (Phi) is 4.80. The van der Waals surface area contributed by atoms with Crippen molar-refractivity contribution < 1.29 is 4.74 Å². The van der Waals surface area contributed by atoms with Crippen molar-refractivity contribution in [3.8, 4) is 29.0 Å². The lowest BCUT2D eigenvalue weighted by molar-refractivity contribution is 0.417. The van der Waals surface area contributed by atoms with Crippen LogP contribution in [0.4, 0.5) is 5.69 Å². The van der Waals surface area contributed by atoms with Gasteiger partial charge in [-0.2, -0.15) is 10.5 Å². The van der Waals surface area contributed by atoms with Crippen LogP contribution in [0.15, 0.2) is 54.2 Å². The molecule has 0 amide bonds. The number of aryl methyl sites for hydroxylation is 1. The Morgan fingerprint density at radius 2 is 1.82 bits per heavy atom. The number of hydrogen-bond donors (Lipinski definition) is 1. The normalized spacial score (nSPS) is 9.27. The van der Waals surface area contributed by atoms with E-state index >= 15 is 0 Å². The van der Waals surface area contributed by atoms with Gasteiger partial charge in [-0.3, -0.25) is 0 Å². The largest absolute Gasteiger partial charge is 0.495 e. The fourth-order valence-corrected chi connectivity index (χ4v) is 2.14. The Balaban J connectivity index is 2.43. The summed E-state index contributed by atoms with van der Waals surface area (Å²) in [5.74, 6) is 0.649. The average molecular weight is 289 g/mol. The summed E-state index contributed by atoms with van der Waals surface area (Å²) in [6.45, 7) is 2.01. The summed E-state index contributed by atoms with van der Waals surface area (Å²) in [6.07, 6.45) is 1.37. The van der Waals surface area contributed by atoms with E-state index in [0.29, 0.717) is 11.4 Å². The number of ether oxygens (including phenoxy) is 1. The van der Waals surface area contributed by atoms with Gasteiger partial charge in [0, 0.05) is 6.20 Å². The third-order valence-electron chi connectivity index (χ3n) is 3.24. The van der Waals surface area contributed by atoms with E-state index in [1.165, 1.54) is 6.20 Å². The van der Waals surface area contributed by atoms with Crippen molar-refractivity contribution in [2.24, 2.45) is 0 Å². The Hall–Kier alpha value is -3.24. The van der Waals surface area contributed by atoms with Gasteiger partial charge in [-0.25, -0.2) is 0 Å². The van der Waals surface area contributed by atoms with E-state index in [-0.39, 0.29) is 5.57 Å². The summed E-state index contributed by atoms with van der Waals surface area (Å²) in [4.78, 5) is 0. The number of methoxy groups -OCH3 is 1. The first-order valence-corrected chi connectivity index (χ1v) is 6.70. The first kappa shape index (κ1) is 15.2. The second-order valence-corrected chi connectivity index (χ2v) is 4.66. The molecule has 0 fully saturated rings. The van der Waals surface area contributed by atoms with Gasteiger partial charge in [0.1, 0.15) is 23.5 Å². The Labute approximate surface area is 129 Å². The van der Waals surface area contributed by atoms with Crippen molar-refractivity contribution in [1.82, 2.24) is 0 Å². The fourth-order valence-electron chi connectivity index (χ4n) is 2.14. The molecule has 2 aromatic rings. The van der Waals surface area contributed by atoms with Gasteiger partial charge < -0.3 is 10.1 Å². The smallest absolute Gasteiger partial charge is 0.145 e. The van der Waals surface area contributed by atoms with Crippen molar-refractivity contribution in [3.05, 3.63) is 59.8 Å². The number of hydrogen-bond acceptors (Lipinski definition) is 4. The first-order valence-electron chi connectivity index (χ1n) is 6.70. The molecule has 2 aromatic carbocycles. The molecule has 0 saturated carbocycles. The zero-order valence-corrected chi connectivity index (χ0v) is 12.4.